The number of carboxylic acids is 1. The number of hydrogen-bond donors (Lipinski definition) is 1. The van der Waals surface area contributed by atoms with Gasteiger partial charge in [0.2, 0.25) is 0 Å². The fourth-order valence-electron chi connectivity index (χ4n) is 3.44. The lowest BCUT2D eigenvalue weighted by molar-refractivity contribution is -0.138. The quantitative estimate of drug-likeness (QED) is 0.436. The second kappa shape index (κ2) is 6.91. The number of aliphatic carboxylic acids is 1. The Morgan fingerprint density at radius 1 is 0.926 bits per heavy atom. The van der Waals surface area contributed by atoms with E-state index < -0.39 is 11.9 Å². The Labute approximate surface area is 166 Å². The predicted molar refractivity (Wildman–Crippen MR) is 111 cm³/mol. The SMILES string of the molecule is CC(C(=O)O)c1ccc2c3cc(Cl)ccc3n(Cc3ccc(Cl)cc3)c2c1. The Kier molecular flexibility index (Phi) is 4.58. The van der Waals surface area contributed by atoms with E-state index in [0.717, 1.165) is 32.9 Å². The average Bonchev–Trinajstić information content (AvgIpc) is 2.95. The van der Waals surface area contributed by atoms with Crippen LogP contribution in [0, 0.1) is 0 Å². The first-order valence-corrected chi connectivity index (χ1v) is 9.38. The van der Waals surface area contributed by atoms with E-state index >= 15 is 0 Å². The summed E-state index contributed by atoms with van der Waals surface area (Å²) in [6.07, 6.45) is 0. The van der Waals surface area contributed by atoms with E-state index in [-0.39, 0.29) is 0 Å². The smallest absolute Gasteiger partial charge is 0.310 e. The molecule has 0 fully saturated rings. The molecule has 1 heterocycles. The molecular formula is C22H17Cl2NO2. The summed E-state index contributed by atoms with van der Waals surface area (Å²) in [5, 5.41) is 12.9. The highest BCUT2D eigenvalue weighted by Crippen LogP contribution is 2.33. The van der Waals surface area contributed by atoms with Gasteiger partial charge < -0.3 is 9.67 Å². The molecule has 0 aliphatic heterocycles. The maximum absolute atomic E-state index is 11.4. The molecule has 4 rings (SSSR count). The zero-order valence-electron chi connectivity index (χ0n) is 14.6. The van der Waals surface area contributed by atoms with Crippen molar-refractivity contribution in [2.75, 3.05) is 0 Å². The minimum Gasteiger partial charge on any atom is -0.481 e. The molecule has 3 nitrogen and oxygen atoms in total. The molecule has 0 radical (unpaired) electrons. The maximum Gasteiger partial charge on any atom is 0.310 e. The zero-order chi connectivity index (χ0) is 19.1. The first-order valence-electron chi connectivity index (χ1n) is 8.62. The molecule has 1 N–H and O–H groups in total. The van der Waals surface area contributed by atoms with Gasteiger partial charge in [0.25, 0.3) is 0 Å². The number of benzene rings is 3. The summed E-state index contributed by atoms with van der Waals surface area (Å²) >= 11 is 12.2. The van der Waals surface area contributed by atoms with Gasteiger partial charge in [-0.25, -0.2) is 0 Å². The summed E-state index contributed by atoms with van der Waals surface area (Å²) in [5.74, 6) is -1.40. The van der Waals surface area contributed by atoms with Crippen LogP contribution in [0.1, 0.15) is 24.0 Å². The number of rotatable bonds is 4. The summed E-state index contributed by atoms with van der Waals surface area (Å²) in [6.45, 7) is 2.36. The Morgan fingerprint density at radius 2 is 1.63 bits per heavy atom. The lowest BCUT2D eigenvalue weighted by atomic mass is 10.00. The fraction of sp³-hybridized carbons (Fsp3) is 0.136. The molecule has 1 atom stereocenters. The van der Waals surface area contributed by atoms with E-state index in [0.29, 0.717) is 16.6 Å². The summed E-state index contributed by atoms with van der Waals surface area (Å²) in [6, 6.07) is 19.4. The molecule has 0 saturated heterocycles. The largest absolute Gasteiger partial charge is 0.481 e. The molecule has 136 valence electrons. The van der Waals surface area contributed by atoms with Gasteiger partial charge >= 0.3 is 5.97 Å². The van der Waals surface area contributed by atoms with Gasteiger partial charge in [-0.15, -0.1) is 0 Å². The van der Waals surface area contributed by atoms with Crippen molar-refractivity contribution in [1.29, 1.82) is 0 Å². The molecular weight excluding hydrogens is 381 g/mol. The normalized spacial score (nSPS) is 12.6. The van der Waals surface area contributed by atoms with E-state index in [1.54, 1.807) is 6.92 Å². The topological polar surface area (TPSA) is 42.2 Å². The van der Waals surface area contributed by atoms with E-state index in [1.807, 2.05) is 60.7 Å². The standard InChI is InChI=1S/C22H17Cl2NO2/c1-13(22(26)27)15-4-8-18-19-11-17(24)7-9-20(19)25(21(18)10-15)12-14-2-5-16(23)6-3-14/h2-11,13H,12H2,1H3,(H,26,27). The van der Waals surface area contributed by atoms with Crippen molar-refractivity contribution in [2.24, 2.45) is 0 Å². The van der Waals surface area contributed by atoms with Crippen LogP contribution in [0.2, 0.25) is 10.0 Å². The van der Waals surface area contributed by atoms with Crippen molar-refractivity contribution in [3.05, 3.63) is 81.8 Å². The van der Waals surface area contributed by atoms with Crippen LogP contribution in [-0.2, 0) is 11.3 Å². The molecule has 0 spiro atoms. The Bertz CT molecular complexity index is 1160. The molecule has 0 bridgehead atoms. The number of fused-ring (bicyclic) bond motifs is 3. The third-order valence-electron chi connectivity index (χ3n) is 4.98. The molecule has 27 heavy (non-hydrogen) atoms. The Balaban J connectivity index is 1.95. The van der Waals surface area contributed by atoms with Crippen LogP contribution in [0.15, 0.2) is 60.7 Å². The minimum atomic E-state index is -0.835. The van der Waals surface area contributed by atoms with Gasteiger partial charge in [0, 0.05) is 38.4 Å². The third kappa shape index (κ3) is 3.29. The molecule has 5 heteroatoms. The van der Waals surface area contributed by atoms with Gasteiger partial charge in [-0.1, -0.05) is 47.5 Å². The molecule has 4 aromatic rings. The number of aromatic nitrogens is 1. The molecule has 3 aromatic carbocycles. The Morgan fingerprint density at radius 3 is 2.33 bits per heavy atom. The van der Waals surface area contributed by atoms with Crippen molar-refractivity contribution < 1.29 is 9.90 Å². The van der Waals surface area contributed by atoms with Gasteiger partial charge in [0.05, 0.1) is 5.92 Å². The zero-order valence-corrected chi connectivity index (χ0v) is 16.1. The van der Waals surface area contributed by atoms with E-state index in [9.17, 15) is 9.90 Å². The number of carboxylic acid groups (broad SMARTS) is 1. The van der Waals surface area contributed by atoms with E-state index in [2.05, 4.69) is 4.57 Å². The summed E-state index contributed by atoms with van der Waals surface area (Å²) in [5.41, 5.74) is 3.95. The van der Waals surface area contributed by atoms with Crippen molar-refractivity contribution in [3.8, 4) is 0 Å². The van der Waals surface area contributed by atoms with Crippen LogP contribution >= 0.6 is 23.2 Å². The summed E-state index contributed by atoms with van der Waals surface area (Å²) < 4.78 is 2.20. The van der Waals surface area contributed by atoms with Gasteiger partial charge in [-0.2, -0.15) is 0 Å². The number of hydrogen-bond acceptors (Lipinski definition) is 1. The van der Waals surface area contributed by atoms with Crippen LogP contribution in [0.3, 0.4) is 0 Å². The molecule has 0 aliphatic carbocycles. The number of carbonyl (C=O) groups is 1. The van der Waals surface area contributed by atoms with Gasteiger partial charge in [-0.3, -0.25) is 4.79 Å². The predicted octanol–water partition coefficient (Wildman–Crippen LogP) is 6.34. The highest BCUT2D eigenvalue weighted by atomic mass is 35.5. The second-order valence-electron chi connectivity index (χ2n) is 6.71. The highest BCUT2D eigenvalue weighted by molar-refractivity contribution is 6.32. The van der Waals surface area contributed by atoms with E-state index in [4.69, 9.17) is 23.2 Å². The first kappa shape index (κ1) is 17.9. The molecule has 1 aromatic heterocycles. The molecule has 1 unspecified atom stereocenters. The van der Waals surface area contributed by atoms with Crippen LogP contribution in [0.25, 0.3) is 21.8 Å². The Hall–Kier alpha value is -2.49. The molecule has 0 amide bonds. The fourth-order valence-corrected chi connectivity index (χ4v) is 3.74. The maximum atomic E-state index is 11.4. The summed E-state index contributed by atoms with van der Waals surface area (Å²) in [7, 11) is 0. The average molecular weight is 398 g/mol. The molecule has 0 saturated carbocycles. The van der Waals surface area contributed by atoms with Crippen molar-refractivity contribution in [1.82, 2.24) is 4.57 Å². The third-order valence-corrected chi connectivity index (χ3v) is 5.46. The minimum absolute atomic E-state index is 0.569. The van der Waals surface area contributed by atoms with Crippen molar-refractivity contribution >= 4 is 51.0 Å². The van der Waals surface area contributed by atoms with Gasteiger partial charge in [0.1, 0.15) is 0 Å². The molecule has 0 aliphatic rings. The first-order chi connectivity index (χ1) is 12.9. The number of nitrogens with zero attached hydrogens (tertiary/aromatic N) is 1. The van der Waals surface area contributed by atoms with Crippen LogP contribution in [0.4, 0.5) is 0 Å². The van der Waals surface area contributed by atoms with E-state index in [1.165, 1.54) is 0 Å². The number of halogens is 2. The summed E-state index contributed by atoms with van der Waals surface area (Å²) in [4.78, 5) is 11.4. The highest BCUT2D eigenvalue weighted by Gasteiger charge is 2.17. The van der Waals surface area contributed by atoms with Gasteiger partial charge in [-0.05, 0) is 54.4 Å². The van der Waals surface area contributed by atoms with Crippen LogP contribution in [-0.4, -0.2) is 15.6 Å². The van der Waals surface area contributed by atoms with Gasteiger partial charge in [0.15, 0.2) is 0 Å². The second-order valence-corrected chi connectivity index (χ2v) is 7.58. The monoisotopic (exact) mass is 397 g/mol. The van der Waals surface area contributed by atoms with Crippen molar-refractivity contribution in [3.63, 3.8) is 0 Å². The lowest BCUT2D eigenvalue weighted by Gasteiger charge is -2.11. The van der Waals surface area contributed by atoms with Crippen LogP contribution < -0.4 is 0 Å². The van der Waals surface area contributed by atoms with Crippen LogP contribution in [0.5, 0.6) is 0 Å². The van der Waals surface area contributed by atoms with Crippen molar-refractivity contribution in [2.45, 2.75) is 19.4 Å². The lowest BCUT2D eigenvalue weighted by Crippen LogP contribution is -2.07.